The zero-order valence-electron chi connectivity index (χ0n) is 18.8. The van der Waals surface area contributed by atoms with Crippen LogP contribution in [0.15, 0.2) is 42.5 Å². The maximum atomic E-state index is 14.5. The molecule has 4 amide bonds. The minimum Gasteiger partial charge on any atom is -0.346 e. The Morgan fingerprint density at radius 3 is 2.39 bits per heavy atom. The number of nitrogens with one attached hydrogen (secondary N) is 2. The molecule has 0 aliphatic carbocycles. The number of rotatable bonds is 5. The molecule has 2 aliphatic heterocycles. The summed E-state index contributed by atoms with van der Waals surface area (Å²) in [7, 11) is 17.8. The molecule has 6 radical (unpaired) electrons. The molecule has 2 heterocycles. The third kappa shape index (κ3) is 4.54. The predicted octanol–water partition coefficient (Wildman–Crippen LogP) is 1.46. The summed E-state index contributed by atoms with van der Waals surface area (Å²) < 4.78 is 29.0. The third-order valence-corrected chi connectivity index (χ3v) is 6.62. The molecule has 1 unspecified atom stereocenters. The molecule has 0 spiro atoms. The number of benzene rings is 2. The predicted molar refractivity (Wildman–Crippen MR) is 129 cm³/mol. The van der Waals surface area contributed by atoms with Gasteiger partial charge in [0.1, 0.15) is 7.85 Å². The Bertz CT molecular complexity index is 1280. The second kappa shape index (κ2) is 9.07. The molecule has 2 N–H and O–H groups in total. The summed E-state index contributed by atoms with van der Waals surface area (Å²) in [6.45, 7) is -0.327. The van der Waals surface area contributed by atoms with Crippen molar-refractivity contribution in [1.82, 2.24) is 15.5 Å². The van der Waals surface area contributed by atoms with Crippen molar-refractivity contribution in [1.29, 1.82) is 0 Å². The van der Waals surface area contributed by atoms with Gasteiger partial charge >= 0.3 is 5.92 Å². The van der Waals surface area contributed by atoms with E-state index in [1.165, 1.54) is 24.3 Å². The van der Waals surface area contributed by atoms with Crippen molar-refractivity contribution in [2.75, 3.05) is 0 Å². The van der Waals surface area contributed by atoms with Gasteiger partial charge in [-0.1, -0.05) is 42.3 Å². The van der Waals surface area contributed by atoms with Crippen LogP contribution in [-0.4, -0.2) is 57.5 Å². The smallest absolute Gasteiger partial charge is 0.346 e. The number of carbonyl (C=O) groups is 4. The summed E-state index contributed by atoms with van der Waals surface area (Å²) in [6, 6.07) is 9.15. The molecular formula is C23H17B3ClF2N3O4. The van der Waals surface area contributed by atoms with E-state index in [1.54, 1.807) is 6.07 Å². The summed E-state index contributed by atoms with van der Waals surface area (Å²) in [6.07, 6.45) is -0.319. The molecule has 178 valence electrons. The Hall–Kier alpha value is -3.14. The average molecular weight is 505 g/mol. The molecule has 7 nitrogen and oxygen atoms in total. The Kier molecular flexibility index (Phi) is 6.53. The van der Waals surface area contributed by atoms with Crippen molar-refractivity contribution < 1.29 is 28.0 Å². The van der Waals surface area contributed by atoms with Gasteiger partial charge in [0.2, 0.25) is 11.8 Å². The normalized spacial score (nSPS) is 21.5. The minimum atomic E-state index is -3.79. The van der Waals surface area contributed by atoms with Gasteiger partial charge in [0.25, 0.3) is 11.8 Å². The van der Waals surface area contributed by atoms with Gasteiger partial charge in [-0.25, -0.2) is 0 Å². The van der Waals surface area contributed by atoms with Gasteiger partial charge in [-0.2, -0.15) is 8.78 Å². The first-order valence-corrected chi connectivity index (χ1v) is 11.2. The number of carbonyl (C=O) groups excluding carboxylic acids is 4. The number of hydrogen-bond acceptors (Lipinski definition) is 4. The van der Waals surface area contributed by atoms with Crippen LogP contribution < -0.4 is 10.6 Å². The molecule has 13 heteroatoms. The summed E-state index contributed by atoms with van der Waals surface area (Å²) in [5.41, 5.74) is -1.24. The Morgan fingerprint density at radius 2 is 1.72 bits per heavy atom. The number of imide groups is 1. The van der Waals surface area contributed by atoms with E-state index in [4.69, 9.17) is 35.1 Å². The molecule has 0 saturated carbocycles. The van der Waals surface area contributed by atoms with Crippen LogP contribution in [0.5, 0.6) is 0 Å². The lowest BCUT2D eigenvalue weighted by Crippen LogP contribution is -2.59. The molecule has 0 bridgehead atoms. The topological polar surface area (TPSA) is 95.6 Å². The maximum Gasteiger partial charge on any atom is 0.349 e. The van der Waals surface area contributed by atoms with Gasteiger partial charge in [0.15, 0.2) is 0 Å². The number of amides is 4. The quantitative estimate of drug-likeness (QED) is 0.476. The molecule has 1 atom stereocenters. The van der Waals surface area contributed by atoms with Crippen molar-refractivity contribution in [2.24, 2.45) is 0 Å². The largest absolute Gasteiger partial charge is 0.349 e. The zero-order chi connectivity index (χ0) is 26.5. The monoisotopic (exact) mass is 505 g/mol. The van der Waals surface area contributed by atoms with Crippen molar-refractivity contribution in [3.63, 3.8) is 0 Å². The van der Waals surface area contributed by atoms with E-state index in [1.807, 2.05) is 5.32 Å². The van der Waals surface area contributed by atoms with Crippen molar-refractivity contribution >= 4 is 58.8 Å². The second-order valence-corrected chi connectivity index (χ2v) is 9.33. The highest BCUT2D eigenvalue weighted by molar-refractivity contribution is 6.52. The highest BCUT2D eigenvalue weighted by Crippen LogP contribution is 2.37. The highest BCUT2D eigenvalue weighted by atomic mass is 35.5. The number of hydrogen-bond donors (Lipinski definition) is 2. The minimum absolute atomic E-state index is 0.0862. The first kappa shape index (κ1) is 25.9. The van der Waals surface area contributed by atoms with Crippen molar-refractivity contribution in [3.8, 4) is 0 Å². The number of nitrogens with zero attached hydrogens (tertiary/aromatic N) is 1. The van der Waals surface area contributed by atoms with Crippen LogP contribution in [0.4, 0.5) is 8.78 Å². The molecule has 0 aromatic heterocycles. The second-order valence-electron chi connectivity index (χ2n) is 8.89. The van der Waals surface area contributed by atoms with Gasteiger partial charge < -0.3 is 10.2 Å². The van der Waals surface area contributed by atoms with Crippen LogP contribution in [0, 0.1) is 0 Å². The SMILES string of the molecule is [B]C1([B])CCC([B])(N2Cc3cc(CNC(=O)C(F)(F)c4ccc(Cl)cc4)ccc3C2=O)C(=O)NC1=O. The molecule has 2 aromatic rings. The summed E-state index contributed by atoms with van der Waals surface area (Å²) in [4.78, 5) is 51.1. The summed E-state index contributed by atoms with van der Waals surface area (Å²) >= 11 is 5.71. The number of alkyl halides is 2. The summed E-state index contributed by atoms with van der Waals surface area (Å²) in [5.74, 6) is -7.66. The number of halogens is 3. The fraction of sp³-hybridized carbons (Fsp3) is 0.304. The lowest BCUT2D eigenvalue weighted by Gasteiger charge is -2.37. The molecule has 2 aliphatic rings. The van der Waals surface area contributed by atoms with Crippen LogP contribution in [0.3, 0.4) is 0 Å². The van der Waals surface area contributed by atoms with E-state index in [0.29, 0.717) is 11.1 Å². The zero-order valence-corrected chi connectivity index (χ0v) is 19.6. The van der Waals surface area contributed by atoms with Crippen molar-refractivity contribution in [2.45, 2.75) is 42.5 Å². The van der Waals surface area contributed by atoms with Crippen LogP contribution in [0.2, 0.25) is 10.2 Å². The van der Waals surface area contributed by atoms with Crippen LogP contribution in [0.1, 0.15) is 39.9 Å². The third-order valence-electron chi connectivity index (χ3n) is 6.36. The van der Waals surface area contributed by atoms with Gasteiger partial charge in [-0.3, -0.25) is 24.5 Å². The average Bonchev–Trinajstić information content (AvgIpc) is 3.13. The summed E-state index contributed by atoms with van der Waals surface area (Å²) in [5, 5.41) is 2.67. The molecule has 4 rings (SSSR count). The van der Waals surface area contributed by atoms with E-state index in [2.05, 4.69) is 5.32 Å². The van der Waals surface area contributed by atoms with Gasteiger partial charge in [-0.15, -0.1) is 0 Å². The van der Waals surface area contributed by atoms with Crippen molar-refractivity contribution in [3.05, 3.63) is 69.7 Å². The highest BCUT2D eigenvalue weighted by Gasteiger charge is 2.49. The Morgan fingerprint density at radius 1 is 1.06 bits per heavy atom. The fourth-order valence-electron chi connectivity index (χ4n) is 4.10. The standard InChI is InChI=1S/C23H17B3ClF2N3O4/c24-21(25)7-8-22(26,19(35)31-18(21)34)32-11-13-9-12(1-6-16(13)17(32)33)10-30-20(36)23(28,29)14-2-4-15(27)5-3-14/h1-6,9H,7-8,10-11H2,(H,30,36)(H,31,34,35). The van der Waals surface area contributed by atoms with E-state index in [-0.39, 0.29) is 36.5 Å². The molecular weight excluding hydrogens is 488 g/mol. The van der Waals surface area contributed by atoms with E-state index in [0.717, 1.165) is 17.0 Å². The van der Waals surface area contributed by atoms with E-state index in [9.17, 15) is 28.0 Å². The fourth-order valence-corrected chi connectivity index (χ4v) is 4.23. The maximum absolute atomic E-state index is 14.5. The van der Waals surface area contributed by atoms with E-state index < -0.39 is 45.8 Å². The van der Waals surface area contributed by atoms with E-state index >= 15 is 0 Å². The van der Waals surface area contributed by atoms with Gasteiger partial charge in [0, 0.05) is 29.2 Å². The lowest BCUT2D eigenvalue weighted by molar-refractivity contribution is -0.147. The molecule has 1 fully saturated rings. The van der Waals surface area contributed by atoms with Gasteiger partial charge in [-0.05, 0) is 41.0 Å². The molecule has 2 aromatic carbocycles. The Balaban J connectivity index is 1.48. The Labute approximate surface area is 214 Å². The van der Waals surface area contributed by atoms with Crippen LogP contribution in [-0.2, 0) is 33.4 Å². The lowest BCUT2D eigenvalue weighted by atomic mass is 9.51. The van der Waals surface area contributed by atoms with Gasteiger partial charge in [0.05, 0.1) is 21.1 Å². The van der Waals surface area contributed by atoms with Crippen LogP contribution >= 0.6 is 11.6 Å². The first-order chi connectivity index (χ1) is 16.8. The first-order valence-electron chi connectivity index (χ1n) is 10.8. The number of fused-ring (bicyclic) bond motifs is 1. The molecule has 36 heavy (non-hydrogen) atoms. The van der Waals surface area contributed by atoms with Crippen LogP contribution in [0.25, 0.3) is 0 Å². The molecule has 1 saturated heterocycles.